The monoisotopic (exact) mass is 389 g/mol. The summed E-state index contributed by atoms with van der Waals surface area (Å²) in [6.45, 7) is 0. The summed E-state index contributed by atoms with van der Waals surface area (Å²) in [7, 11) is 0. The predicted molar refractivity (Wildman–Crippen MR) is 90.0 cm³/mol. The van der Waals surface area contributed by atoms with E-state index in [1.54, 1.807) is 0 Å². The van der Waals surface area contributed by atoms with Crippen molar-refractivity contribution in [2.75, 3.05) is 11.1 Å². The van der Waals surface area contributed by atoms with E-state index in [1.165, 1.54) is 12.1 Å². The Balaban J connectivity index is 1.66. The predicted octanol–water partition coefficient (Wildman–Crippen LogP) is 1.94. The van der Waals surface area contributed by atoms with Crippen molar-refractivity contribution in [3.05, 3.63) is 23.8 Å². The Morgan fingerprint density at radius 3 is 2.96 bits per heavy atom. The van der Waals surface area contributed by atoms with Crippen LogP contribution in [0.3, 0.4) is 0 Å². The Labute approximate surface area is 156 Å². The van der Waals surface area contributed by atoms with Gasteiger partial charge in [0.05, 0.1) is 17.3 Å². The zero-order valence-corrected chi connectivity index (χ0v) is 14.5. The summed E-state index contributed by atoms with van der Waals surface area (Å²) in [5.74, 6) is -0.952. The van der Waals surface area contributed by atoms with Gasteiger partial charge in [0, 0.05) is 10.6 Å². The molecule has 2 aliphatic rings. The van der Waals surface area contributed by atoms with Gasteiger partial charge in [-0.3, -0.25) is 4.79 Å². The average Bonchev–Trinajstić information content (AvgIpc) is 3.31. The maximum absolute atomic E-state index is 14.6. The van der Waals surface area contributed by atoms with Crippen LogP contribution in [0.15, 0.2) is 21.6 Å². The van der Waals surface area contributed by atoms with E-state index in [2.05, 4.69) is 21.5 Å². The molecule has 2 aromatic rings. The standard InChI is InChI=1S/C16H12FN5O4S/c17-8-4-11-9(20-13(23)10(5-27-11)25-15(19)24)3-7(8)12-21-14(26-22-12)16(6-18)1-2-16/h3-4,10H,1-2,5H2,(H2,19,24)(H,20,23)/t10-/m0/s1. The molecule has 2 heterocycles. The summed E-state index contributed by atoms with van der Waals surface area (Å²) in [6, 6.07) is 4.74. The minimum atomic E-state index is -1.09. The van der Waals surface area contributed by atoms with Gasteiger partial charge in [-0.25, -0.2) is 9.18 Å². The molecule has 2 amide bonds. The van der Waals surface area contributed by atoms with Crippen molar-refractivity contribution >= 4 is 29.4 Å². The quantitative estimate of drug-likeness (QED) is 0.810. The molecule has 1 aromatic carbocycles. The Morgan fingerprint density at radius 1 is 1.52 bits per heavy atom. The van der Waals surface area contributed by atoms with Gasteiger partial charge in [-0.15, -0.1) is 11.8 Å². The van der Waals surface area contributed by atoms with E-state index in [9.17, 15) is 19.2 Å². The summed E-state index contributed by atoms with van der Waals surface area (Å²) in [4.78, 5) is 27.7. The molecule has 0 bridgehead atoms. The molecule has 0 unspecified atom stereocenters. The second-order valence-corrected chi connectivity index (χ2v) is 7.23. The van der Waals surface area contributed by atoms with Gasteiger partial charge >= 0.3 is 6.09 Å². The van der Waals surface area contributed by atoms with Crippen molar-refractivity contribution in [3.8, 4) is 17.5 Å². The molecule has 1 aliphatic carbocycles. The van der Waals surface area contributed by atoms with Crippen molar-refractivity contribution in [2.24, 2.45) is 5.73 Å². The third-order valence-electron chi connectivity index (χ3n) is 4.31. The Kier molecular flexibility index (Phi) is 4.00. The summed E-state index contributed by atoms with van der Waals surface area (Å²) >= 11 is 1.14. The lowest BCUT2D eigenvalue weighted by Gasteiger charge is -2.11. The minimum Gasteiger partial charge on any atom is -0.435 e. The Hall–Kier alpha value is -3.13. The number of rotatable bonds is 3. The minimum absolute atomic E-state index is 0.0137. The van der Waals surface area contributed by atoms with Gasteiger partial charge in [0.1, 0.15) is 11.2 Å². The molecule has 0 spiro atoms. The van der Waals surface area contributed by atoms with E-state index in [-0.39, 0.29) is 23.0 Å². The van der Waals surface area contributed by atoms with Gasteiger partial charge in [0.25, 0.3) is 5.91 Å². The number of benzene rings is 1. The number of hydrogen-bond donors (Lipinski definition) is 2. The molecule has 11 heteroatoms. The van der Waals surface area contributed by atoms with Crippen molar-refractivity contribution in [2.45, 2.75) is 29.3 Å². The first kappa shape index (κ1) is 17.3. The molecule has 1 fully saturated rings. The lowest BCUT2D eigenvalue weighted by Crippen LogP contribution is -2.35. The van der Waals surface area contributed by atoms with Crippen LogP contribution in [-0.4, -0.2) is 34.0 Å². The van der Waals surface area contributed by atoms with E-state index >= 15 is 0 Å². The van der Waals surface area contributed by atoms with Crippen molar-refractivity contribution in [1.29, 1.82) is 5.26 Å². The lowest BCUT2D eigenvalue weighted by molar-refractivity contribution is -0.123. The number of ether oxygens (including phenoxy) is 1. The number of carbonyl (C=O) groups excluding carboxylic acids is 2. The van der Waals surface area contributed by atoms with Gasteiger partial charge in [0.15, 0.2) is 6.10 Å². The number of carbonyl (C=O) groups is 2. The van der Waals surface area contributed by atoms with Crippen LogP contribution in [0.4, 0.5) is 14.9 Å². The number of primary amides is 1. The number of nitrogens with two attached hydrogens (primary N) is 1. The van der Waals surface area contributed by atoms with Crippen LogP contribution in [0, 0.1) is 17.1 Å². The topological polar surface area (TPSA) is 144 Å². The number of anilines is 1. The van der Waals surface area contributed by atoms with E-state index < -0.39 is 29.3 Å². The van der Waals surface area contributed by atoms with Crippen molar-refractivity contribution < 1.29 is 23.2 Å². The van der Waals surface area contributed by atoms with Crippen LogP contribution in [-0.2, 0) is 14.9 Å². The average molecular weight is 389 g/mol. The molecule has 9 nitrogen and oxygen atoms in total. The zero-order chi connectivity index (χ0) is 19.2. The number of thioether (sulfide) groups is 1. The molecule has 1 atom stereocenters. The lowest BCUT2D eigenvalue weighted by atomic mass is 10.1. The van der Waals surface area contributed by atoms with Gasteiger partial charge in [0.2, 0.25) is 11.7 Å². The third-order valence-corrected chi connectivity index (χ3v) is 5.43. The fourth-order valence-corrected chi connectivity index (χ4v) is 3.65. The number of nitrogens with one attached hydrogen (secondary N) is 1. The van der Waals surface area contributed by atoms with E-state index in [4.69, 9.17) is 15.0 Å². The number of fused-ring (bicyclic) bond motifs is 1. The van der Waals surface area contributed by atoms with Crippen molar-refractivity contribution in [1.82, 2.24) is 10.1 Å². The molecular formula is C16H12FN5O4S. The molecule has 27 heavy (non-hydrogen) atoms. The number of hydrogen-bond acceptors (Lipinski definition) is 8. The highest BCUT2D eigenvalue weighted by molar-refractivity contribution is 7.99. The molecule has 0 radical (unpaired) electrons. The maximum atomic E-state index is 14.6. The molecule has 1 aliphatic heterocycles. The molecule has 0 saturated heterocycles. The first-order chi connectivity index (χ1) is 12.9. The normalized spacial score (nSPS) is 20.0. The van der Waals surface area contributed by atoms with Gasteiger partial charge in [-0.2, -0.15) is 10.2 Å². The number of aromatic nitrogens is 2. The Morgan fingerprint density at radius 2 is 2.30 bits per heavy atom. The molecule has 1 saturated carbocycles. The maximum Gasteiger partial charge on any atom is 0.405 e. The first-order valence-electron chi connectivity index (χ1n) is 7.91. The first-order valence-corrected chi connectivity index (χ1v) is 8.89. The van der Waals surface area contributed by atoms with Crippen LogP contribution in [0.1, 0.15) is 18.7 Å². The van der Waals surface area contributed by atoms with E-state index in [0.29, 0.717) is 23.4 Å². The van der Waals surface area contributed by atoms with Gasteiger partial charge in [-0.05, 0) is 25.0 Å². The summed E-state index contributed by atoms with van der Waals surface area (Å²) in [6.07, 6.45) is -0.926. The highest BCUT2D eigenvalue weighted by Crippen LogP contribution is 2.47. The molecular weight excluding hydrogens is 377 g/mol. The molecule has 1 aromatic heterocycles. The summed E-state index contributed by atoms with van der Waals surface area (Å²) < 4.78 is 24.5. The molecule has 3 N–H and O–H groups in total. The van der Waals surface area contributed by atoms with E-state index in [1.807, 2.05) is 0 Å². The number of amides is 2. The van der Waals surface area contributed by atoms with Gasteiger partial charge in [-0.1, -0.05) is 5.16 Å². The number of halogens is 1. The smallest absolute Gasteiger partial charge is 0.405 e. The zero-order valence-electron chi connectivity index (χ0n) is 13.7. The highest BCUT2D eigenvalue weighted by atomic mass is 32.2. The van der Waals surface area contributed by atoms with Crippen LogP contribution in [0.25, 0.3) is 11.4 Å². The highest BCUT2D eigenvalue weighted by Gasteiger charge is 2.50. The fourth-order valence-electron chi connectivity index (χ4n) is 2.65. The Bertz CT molecular complexity index is 997. The van der Waals surface area contributed by atoms with Gasteiger partial charge < -0.3 is 20.3 Å². The third kappa shape index (κ3) is 3.08. The van der Waals surface area contributed by atoms with Crippen molar-refractivity contribution in [3.63, 3.8) is 0 Å². The second-order valence-electron chi connectivity index (χ2n) is 6.17. The summed E-state index contributed by atoms with van der Waals surface area (Å²) in [5, 5.41) is 15.5. The summed E-state index contributed by atoms with van der Waals surface area (Å²) in [5.41, 5.74) is 4.52. The number of nitrogens with zero attached hydrogens (tertiary/aromatic N) is 3. The fraction of sp³-hybridized carbons (Fsp3) is 0.312. The second kappa shape index (κ2) is 6.24. The van der Waals surface area contributed by atoms with Crippen LogP contribution >= 0.6 is 11.8 Å². The van der Waals surface area contributed by atoms with Crippen LogP contribution in [0.2, 0.25) is 0 Å². The number of nitriles is 1. The van der Waals surface area contributed by atoms with Crippen LogP contribution in [0.5, 0.6) is 0 Å². The molecule has 138 valence electrons. The van der Waals surface area contributed by atoms with E-state index in [0.717, 1.165) is 11.8 Å². The molecule has 4 rings (SSSR count). The van der Waals surface area contributed by atoms with Crippen LogP contribution < -0.4 is 11.1 Å². The largest absolute Gasteiger partial charge is 0.435 e. The SMILES string of the molecule is N#CC1(c2nc(-c3cc4c(cc3F)SC[C@H](OC(N)=O)C(=O)N4)no2)CC1.